The van der Waals surface area contributed by atoms with Crippen LogP contribution in [0, 0.1) is 5.82 Å². The molecule has 2 amide bonds. The van der Waals surface area contributed by atoms with Crippen LogP contribution >= 0.6 is 11.3 Å². The van der Waals surface area contributed by atoms with Crippen LogP contribution in [0.25, 0.3) is 6.08 Å². The topological polar surface area (TPSA) is 79.8 Å². The van der Waals surface area contributed by atoms with Gasteiger partial charge in [0.1, 0.15) is 5.82 Å². The summed E-state index contributed by atoms with van der Waals surface area (Å²) in [4.78, 5) is 43.8. The summed E-state index contributed by atoms with van der Waals surface area (Å²) >= 11 is 1.16. The van der Waals surface area contributed by atoms with Crippen molar-refractivity contribution in [1.82, 2.24) is 9.88 Å². The summed E-state index contributed by atoms with van der Waals surface area (Å²) in [7, 11) is 1.30. The van der Waals surface area contributed by atoms with E-state index < -0.39 is 11.8 Å². The minimum atomic E-state index is -0.540. The van der Waals surface area contributed by atoms with Gasteiger partial charge in [0.2, 0.25) is 11.8 Å². The zero-order valence-electron chi connectivity index (χ0n) is 18.8. The van der Waals surface area contributed by atoms with Gasteiger partial charge in [0.25, 0.3) is 0 Å². The maximum Gasteiger partial charge on any atom is 0.307 e. The Morgan fingerprint density at radius 2 is 1.79 bits per heavy atom. The van der Waals surface area contributed by atoms with Crippen LogP contribution in [0.3, 0.4) is 0 Å². The summed E-state index contributed by atoms with van der Waals surface area (Å²) in [6, 6.07) is 15.4. The molecule has 0 bridgehead atoms. The quantitative estimate of drug-likeness (QED) is 0.330. The van der Waals surface area contributed by atoms with Crippen LogP contribution in [0.2, 0.25) is 0 Å². The number of hydrogen-bond donors (Lipinski definition) is 0. The predicted molar refractivity (Wildman–Crippen MR) is 129 cm³/mol. The molecule has 0 aliphatic rings. The van der Waals surface area contributed by atoms with Crippen LogP contribution < -0.4 is 4.90 Å². The molecule has 1 heterocycles. The lowest BCUT2D eigenvalue weighted by Crippen LogP contribution is -2.31. The van der Waals surface area contributed by atoms with Crippen LogP contribution in [-0.4, -0.2) is 41.3 Å². The highest BCUT2D eigenvalue weighted by atomic mass is 32.1. The van der Waals surface area contributed by atoms with Crippen molar-refractivity contribution in [3.63, 3.8) is 0 Å². The number of thiazole rings is 1. The second-order valence-electron chi connectivity index (χ2n) is 7.27. The van der Waals surface area contributed by atoms with E-state index >= 15 is 0 Å². The fourth-order valence-electron chi connectivity index (χ4n) is 3.16. The summed E-state index contributed by atoms with van der Waals surface area (Å²) in [5, 5.41) is 1.96. The molecule has 9 heteroatoms. The van der Waals surface area contributed by atoms with Crippen molar-refractivity contribution in [1.29, 1.82) is 0 Å². The summed E-state index contributed by atoms with van der Waals surface area (Å²) < 4.78 is 18.9. The first-order valence-electron chi connectivity index (χ1n) is 10.5. The van der Waals surface area contributed by atoms with Crippen LogP contribution in [0.4, 0.5) is 15.2 Å². The van der Waals surface area contributed by atoms with E-state index in [1.165, 1.54) is 48.1 Å². The van der Waals surface area contributed by atoms with Crippen LogP contribution in [0.1, 0.15) is 24.6 Å². The Kier molecular flexibility index (Phi) is 8.64. The first kappa shape index (κ1) is 24.8. The number of para-hydroxylation sites is 1. The van der Waals surface area contributed by atoms with Gasteiger partial charge in [-0.05, 0) is 23.8 Å². The normalized spacial score (nSPS) is 10.8. The molecular weight excluding hydrogens is 457 g/mol. The lowest BCUT2D eigenvalue weighted by molar-refractivity contribution is -0.141. The number of ether oxygens (including phenoxy) is 1. The van der Waals surface area contributed by atoms with E-state index in [0.717, 1.165) is 16.9 Å². The minimum absolute atomic E-state index is 0.0694. The molecule has 0 N–H and O–H groups in total. The predicted octanol–water partition coefficient (Wildman–Crippen LogP) is 4.57. The summed E-state index contributed by atoms with van der Waals surface area (Å²) in [6.45, 7) is 1.85. The third-order valence-corrected chi connectivity index (χ3v) is 5.69. The Balaban J connectivity index is 1.77. The number of nitrogens with zero attached hydrogens (tertiary/aromatic N) is 3. The number of carbonyl (C=O) groups excluding carboxylic acids is 3. The highest BCUT2D eigenvalue weighted by Crippen LogP contribution is 2.31. The molecule has 3 rings (SSSR count). The molecule has 34 heavy (non-hydrogen) atoms. The third kappa shape index (κ3) is 6.58. The maximum absolute atomic E-state index is 14.3. The van der Waals surface area contributed by atoms with Gasteiger partial charge in [-0.1, -0.05) is 42.5 Å². The zero-order valence-corrected chi connectivity index (χ0v) is 19.6. The molecule has 176 valence electrons. The first-order chi connectivity index (χ1) is 16.4. The molecule has 0 unspecified atom stereocenters. The molecule has 0 radical (unpaired) electrons. The number of hydrogen-bond acceptors (Lipinski definition) is 6. The number of carbonyl (C=O) groups is 3. The number of anilines is 2. The van der Waals surface area contributed by atoms with Crippen molar-refractivity contribution < 1.29 is 23.5 Å². The van der Waals surface area contributed by atoms with Crippen molar-refractivity contribution >= 4 is 46.0 Å². The number of esters is 1. The van der Waals surface area contributed by atoms with Crippen LogP contribution in [-0.2, 0) is 25.7 Å². The van der Waals surface area contributed by atoms with Gasteiger partial charge in [0, 0.05) is 31.5 Å². The third-order valence-electron chi connectivity index (χ3n) is 4.85. The van der Waals surface area contributed by atoms with Gasteiger partial charge in [-0.3, -0.25) is 19.3 Å². The second-order valence-corrected chi connectivity index (χ2v) is 8.10. The molecule has 0 fully saturated rings. The van der Waals surface area contributed by atoms with E-state index in [0.29, 0.717) is 12.2 Å². The molecule has 7 nitrogen and oxygen atoms in total. The van der Waals surface area contributed by atoms with E-state index in [-0.39, 0.29) is 35.6 Å². The lowest BCUT2D eigenvalue weighted by Gasteiger charge is -2.21. The zero-order chi connectivity index (χ0) is 24.5. The number of rotatable bonds is 9. The summed E-state index contributed by atoms with van der Waals surface area (Å²) in [5.74, 6) is -1.64. The molecule has 0 saturated carbocycles. The largest absolute Gasteiger partial charge is 0.469 e. The monoisotopic (exact) mass is 481 g/mol. The minimum Gasteiger partial charge on any atom is -0.469 e. The Morgan fingerprint density at radius 3 is 2.47 bits per heavy atom. The fourth-order valence-corrected chi connectivity index (χ4v) is 4.01. The van der Waals surface area contributed by atoms with Crippen molar-refractivity contribution in [3.8, 4) is 0 Å². The van der Waals surface area contributed by atoms with Gasteiger partial charge in [-0.15, -0.1) is 11.3 Å². The van der Waals surface area contributed by atoms with Gasteiger partial charge < -0.3 is 9.64 Å². The summed E-state index contributed by atoms with van der Waals surface area (Å²) in [6.07, 6.45) is 2.96. The maximum atomic E-state index is 14.3. The van der Waals surface area contributed by atoms with Gasteiger partial charge in [-0.25, -0.2) is 9.37 Å². The Bertz CT molecular complexity index is 1180. The number of aromatic nitrogens is 1. The van der Waals surface area contributed by atoms with E-state index in [4.69, 9.17) is 0 Å². The standard InChI is InChI=1S/C25H24FN3O4S/c1-18(30)29(22-11-7-6-10-21(22)26)25-27-20(17-34-25)12-13-23(31)28(15-14-24(32)33-2)16-19-8-4-3-5-9-19/h3-13,17H,14-16H2,1-2H3/b13-12+. The average Bonchev–Trinajstić information content (AvgIpc) is 3.30. The van der Waals surface area contributed by atoms with E-state index in [9.17, 15) is 18.8 Å². The van der Waals surface area contributed by atoms with Crippen molar-refractivity contribution in [3.05, 3.63) is 83.1 Å². The molecule has 0 aliphatic heterocycles. The fraction of sp³-hybridized carbons (Fsp3) is 0.200. The molecule has 0 spiro atoms. The van der Waals surface area contributed by atoms with E-state index in [2.05, 4.69) is 9.72 Å². The smallest absolute Gasteiger partial charge is 0.307 e. The Hall–Kier alpha value is -3.85. The molecular formula is C25H24FN3O4S. The number of amides is 2. The Labute approximate surface area is 201 Å². The number of benzene rings is 2. The molecule has 3 aromatic rings. The first-order valence-corrected chi connectivity index (χ1v) is 11.4. The molecule has 2 aromatic carbocycles. The van der Waals surface area contributed by atoms with Crippen molar-refractivity contribution in [2.24, 2.45) is 0 Å². The van der Waals surface area contributed by atoms with Crippen molar-refractivity contribution in [2.75, 3.05) is 18.6 Å². The van der Waals surface area contributed by atoms with Crippen LogP contribution in [0.15, 0.2) is 66.1 Å². The highest BCUT2D eigenvalue weighted by Gasteiger charge is 2.20. The highest BCUT2D eigenvalue weighted by molar-refractivity contribution is 7.14. The average molecular weight is 482 g/mol. The van der Waals surface area contributed by atoms with E-state index in [1.54, 1.807) is 17.5 Å². The molecule has 0 aliphatic carbocycles. The lowest BCUT2D eigenvalue weighted by atomic mass is 10.2. The van der Waals surface area contributed by atoms with Crippen molar-refractivity contribution in [2.45, 2.75) is 19.9 Å². The number of methoxy groups -OCH3 is 1. The summed E-state index contributed by atoms with van der Waals surface area (Å²) in [5.41, 5.74) is 1.48. The SMILES string of the molecule is COC(=O)CCN(Cc1ccccc1)C(=O)/C=C/c1csc(N(C(C)=O)c2ccccc2F)n1. The molecule has 0 atom stereocenters. The number of halogens is 1. The second kappa shape index (κ2) is 11.9. The molecule has 0 saturated heterocycles. The van der Waals surface area contributed by atoms with Gasteiger partial charge in [0.15, 0.2) is 5.13 Å². The van der Waals surface area contributed by atoms with Gasteiger partial charge >= 0.3 is 5.97 Å². The van der Waals surface area contributed by atoms with E-state index in [1.807, 2.05) is 30.3 Å². The van der Waals surface area contributed by atoms with Gasteiger partial charge in [0.05, 0.1) is 24.9 Å². The van der Waals surface area contributed by atoms with Crippen LogP contribution in [0.5, 0.6) is 0 Å². The molecule has 1 aromatic heterocycles. The van der Waals surface area contributed by atoms with Gasteiger partial charge in [-0.2, -0.15) is 0 Å². The Morgan fingerprint density at radius 1 is 1.09 bits per heavy atom.